The smallest absolute Gasteiger partial charge is 0.237 e. The molecule has 1 atom stereocenters. The number of rotatable bonds is 6. The first-order chi connectivity index (χ1) is 11.8. The van der Waals surface area contributed by atoms with Crippen molar-refractivity contribution in [2.75, 3.05) is 16.4 Å². The number of halogens is 2. The van der Waals surface area contributed by atoms with Crippen molar-refractivity contribution in [3.63, 3.8) is 0 Å². The summed E-state index contributed by atoms with van der Waals surface area (Å²) in [7, 11) is 0. The Morgan fingerprint density at radius 1 is 1.04 bits per heavy atom. The van der Waals surface area contributed by atoms with Crippen LogP contribution >= 0.6 is 35.0 Å². The number of anilines is 2. The molecule has 132 valence electrons. The molecular weight excluding hydrogens is 379 g/mol. The van der Waals surface area contributed by atoms with Gasteiger partial charge in [-0.15, -0.1) is 11.8 Å². The first-order valence-corrected chi connectivity index (χ1v) is 9.39. The van der Waals surface area contributed by atoms with Crippen LogP contribution in [-0.2, 0) is 9.59 Å². The third-order valence-corrected chi connectivity index (χ3v) is 5.20. The number of amides is 2. The second kappa shape index (κ2) is 9.13. The minimum atomic E-state index is -0.379. The van der Waals surface area contributed by atoms with E-state index in [9.17, 15) is 9.59 Å². The van der Waals surface area contributed by atoms with Gasteiger partial charge in [0.15, 0.2) is 0 Å². The Kier molecular flexibility index (Phi) is 7.17. The van der Waals surface area contributed by atoms with E-state index in [0.29, 0.717) is 21.4 Å². The molecule has 2 aromatic carbocycles. The molecule has 0 spiro atoms. The van der Waals surface area contributed by atoms with Crippen LogP contribution in [0, 0.1) is 6.92 Å². The van der Waals surface area contributed by atoms with Crippen LogP contribution in [0.5, 0.6) is 0 Å². The lowest BCUT2D eigenvalue weighted by Gasteiger charge is -2.13. The van der Waals surface area contributed by atoms with E-state index in [0.717, 1.165) is 5.56 Å². The summed E-state index contributed by atoms with van der Waals surface area (Å²) >= 11 is 13.1. The second-order valence-corrected chi connectivity index (χ2v) is 7.63. The quantitative estimate of drug-likeness (QED) is 0.721. The predicted molar refractivity (Wildman–Crippen MR) is 107 cm³/mol. The Bertz CT molecular complexity index is 766. The molecule has 2 amide bonds. The zero-order valence-electron chi connectivity index (χ0n) is 13.8. The van der Waals surface area contributed by atoms with Crippen LogP contribution in [0.4, 0.5) is 11.4 Å². The SMILES string of the molecule is Cc1ccc(NC(=O)C(C)SCC(=O)Nc2ccc(Cl)cc2)cc1Cl. The fourth-order valence-electron chi connectivity index (χ4n) is 1.92. The summed E-state index contributed by atoms with van der Waals surface area (Å²) in [5.74, 6) is -0.180. The summed E-state index contributed by atoms with van der Waals surface area (Å²) in [5, 5.41) is 6.38. The molecule has 25 heavy (non-hydrogen) atoms. The number of benzene rings is 2. The van der Waals surface area contributed by atoms with E-state index in [-0.39, 0.29) is 22.8 Å². The Morgan fingerprint density at radius 3 is 2.32 bits per heavy atom. The van der Waals surface area contributed by atoms with Crippen LogP contribution < -0.4 is 10.6 Å². The van der Waals surface area contributed by atoms with Crippen LogP contribution in [0.1, 0.15) is 12.5 Å². The van der Waals surface area contributed by atoms with Gasteiger partial charge in [-0.1, -0.05) is 29.3 Å². The largest absolute Gasteiger partial charge is 0.325 e. The molecular formula is C18H18Cl2N2O2S. The van der Waals surface area contributed by atoms with E-state index in [4.69, 9.17) is 23.2 Å². The van der Waals surface area contributed by atoms with Crippen molar-refractivity contribution in [2.45, 2.75) is 19.1 Å². The molecule has 0 saturated heterocycles. The molecule has 0 radical (unpaired) electrons. The average Bonchev–Trinajstić information content (AvgIpc) is 2.58. The van der Waals surface area contributed by atoms with E-state index >= 15 is 0 Å². The molecule has 0 aromatic heterocycles. The maximum Gasteiger partial charge on any atom is 0.237 e. The van der Waals surface area contributed by atoms with E-state index in [2.05, 4.69) is 10.6 Å². The minimum Gasteiger partial charge on any atom is -0.325 e. The number of carbonyl (C=O) groups excluding carboxylic acids is 2. The van der Waals surface area contributed by atoms with E-state index in [1.807, 2.05) is 13.0 Å². The van der Waals surface area contributed by atoms with Crippen molar-refractivity contribution in [3.05, 3.63) is 58.1 Å². The van der Waals surface area contributed by atoms with E-state index < -0.39 is 0 Å². The highest BCUT2D eigenvalue weighted by molar-refractivity contribution is 8.01. The molecule has 0 heterocycles. The molecule has 0 aliphatic rings. The molecule has 0 bridgehead atoms. The molecule has 2 N–H and O–H groups in total. The fraction of sp³-hybridized carbons (Fsp3) is 0.222. The van der Waals surface area contributed by atoms with Crippen molar-refractivity contribution >= 4 is 58.2 Å². The van der Waals surface area contributed by atoms with Crippen molar-refractivity contribution in [2.24, 2.45) is 0 Å². The number of thioether (sulfide) groups is 1. The van der Waals surface area contributed by atoms with Crippen LogP contribution in [0.25, 0.3) is 0 Å². The summed E-state index contributed by atoms with van der Waals surface area (Å²) in [4.78, 5) is 24.1. The molecule has 2 aromatic rings. The van der Waals surface area contributed by atoms with Gasteiger partial charge < -0.3 is 10.6 Å². The van der Waals surface area contributed by atoms with Crippen LogP contribution in [0.2, 0.25) is 10.0 Å². The molecule has 0 fully saturated rings. The Balaban J connectivity index is 1.81. The Morgan fingerprint density at radius 2 is 1.68 bits per heavy atom. The fourth-order valence-corrected chi connectivity index (χ4v) is 2.91. The zero-order chi connectivity index (χ0) is 18.4. The summed E-state index contributed by atoms with van der Waals surface area (Å²) in [6.45, 7) is 3.65. The van der Waals surface area contributed by atoms with Crippen LogP contribution in [0.15, 0.2) is 42.5 Å². The van der Waals surface area contributed by atoms with Crippen molar-refractivity contribution in [1.82, 2.24) is 0 Å². The molecule has 7 heteroatoms. The standard InChI is InChI=1S/C18H18Cl2N2O2S/c1-11-3-6-15(9-16(11)20)22-18(24)12(2)25-10-17(23)21-14-7-4-13(19)5-8-14/h3-9,12H,10H2,1-2H3,(H,21,23)(H,22,24). The maximum absolute atomic E-state index is 12.2. The second-order valence-electron chi connectivity index (χ2n) is 5.46. The lowest BCUT2D eigenvalue weighted by molar-refractivity contribution is -0.115. The average molecular weight is 397 g/mol. The first kappa shape index (κ1) is 19.6. The number of hydrogen-bond acceptors (Lipinski definition) is 3. The van der Waals surface area contributed by atoms with Gasteiger partial charge in [0.25, 0.3) is 0 Å². The number of hydrogen-bond donors (Lipinski definition) is 2. The number of aryl methyl sites for hydroxylation is 1. The van der Waals surface area contributed by atoms with Gasteiger partial charge in [0.05, 0.1) is 11.0 Å². The summed E-state index contributed by atoms with van der Waals surface area (Å²) < 4.78 is 0. The normalized spacial score (nSPS) is 11.7. The molecule has 0 aliphatic heterocycles. The lowest BCUT2D eigenvalue weighted by atomic mass is 10.2. The molecule has 4 nitrogen and oxygen atoms in total. The highest BCUT2D eigenvalue weighted by Gasteiger charge is 2.16. The van der Waals surface area contributed by atoms with E-state index in [1.165, 1.54) is 11.8 Å². The van der Waals surface area contributed by atoms with E-state index in [1.54, 1.807) is 43.3 Å². The highest BCUT2D eigenvalue weighted by atomic mass is 35.5. The van der Waals surface area contributed by atoms with Gasteiger partial charge in [0.1, 0.15) is 0 Å². The predicted octanol–water partition coefficient (Wildman–Crippen LogP) is 5.00. The maximum atomic E-state index is 12.2. The molecule has 0 aliphatic carbocycles. The van der Waals surface area contributed by atoms with Gasteiger partial charge in [0.2, 0.25) is 11.8 Å². The van der Waals surface area contributed by atoms with Gasteiger partial charge in [-0.05, 0) is 55.8 Å². The van der Waals surface area contributed by atoms with Gasteiger partial charge >= 0.3 is 0 Å². The zero-order valence-corrected chi connectivity index (χ0v) is 16.1. The number of nitrogens with one attached hydrogen (secondary N) is 2. The monoisotopic (exact) mass is 396 g/mol. The number of carbonyl (C=O) groups is 2. The summed E-state index contributed by atoms with van der Waals surface area (Å²) in [6, 6.07) is 12.2. The van der Waals surface area contributed by atoms with Gasteiger partial charge in [-0.2, -0.15) is 0 Å². The van der Waals surface area contributed by atoms with Crippen molar-refractivity contribution in [1.29, 1.82) is 0 Å². The van der Waals surface area contributed by atoms with Gasteiger partial charge in [0, 0.05) is 21.4 Å². The third kappa shape index (κ3) is 6.27. The third-order valence-electron chi connectivity index (χ3n) is 3.40. The lowest BCUT2D eigenvalue weighted by Crippen LogP contribution is -2.25. The topological polar surface area (TPSA) is 58.2 Å². The van der Waals surface area contributed by atoms with Gasteiger partial charge in [-0.3, -0.25) is 9.59 Å². The molecule has 0 saturated carbocycles. The Labute approximate surface area is 161 Å². The minimum absolute atomic E-state index is 0.172. The molecule has 1 unspecified atom stereocenters. The summed E-state index contributed by atoms with van der Waals surface area (Å²) in [5.41, 5.74) is 2.25. The Hall–Kier alpha value is -1.69. The van der Waals surface area contributed by atoms with Gasteiger partial charge in [-0.25, -0.2) is 0 Å². The molecule has 2 rings (SSSR count). The first-order valence-electron chi connectivity index (χ1n) is 7.59. The van der Waals surface area contributed by atoms with Crippen molar-refractivity contribution < 1.29 is 9.59 Å². The van der Waals surface area contributed by atoms with Crippen LogP contribution in [-0.4, -0.2) is 22.8 Å². The van der Waals surface area contributed by atoms with Crippen LogP contribution in [0.3, 0.4) is 0 Å². The summed E-state index contributed by atoms with van der Waals surface area (Å²) in [6.07, 6.45) is 0. The van der Waals surface area contributed by atoms with Crippen molar-refractivity contribution in [3.8, 4) is 0 Å². The highest BCUT2D eigenvalue weighted by Crippen LogP contribution is 2.21.